The van der Waals surface area contributed by atoms with E-state index in [0.29, 0.717) is 11.1 Å². The maximum atomic E-state index is 13.2. The van der Waals surface area contributed by atoms with Crippen LogP contribution in [0.4, 0.5) is 15.1 Å². The summed E-state index contributed by atoms with van der Waals surface area (Å²) in [6, 6.07) is 8.94. The van der Waals surface area contributed by atoms with Gasteiger partial charge in [-0.2, -0.15) is 0 Å². The fourth-order valence-electron chi connectivity index (χ4n) is 2.57. The normalized spacial score (nSPS) is 10.4. The molecule has 0 atom stereocenters. The maximum Gasteiger partial charge on any atom is 0.341 e. The van der Waals surface area contributed by atoms with Crippen molar-refractivity contribution in [3.63, 3.8) is 0 Å². The van der Waals surface area contributed by atoms with Crippen LogP contribution in [0.25, 0.3) is 11.1 Å². The van der Waals surface area contributed by atoms with Crippen molar-refractivity contribution in [1.29, 1.82) is 0 Å². The lowest BCUT2D eigenvalue weighted by Crippen LogP contribution is -2.15. The molecule has 0 radical (unpaired) electrons. The van der Waals surface area contributed by atoms with Crippen LogP contribution in [-0.4, -0.2) is 23.9 Å². The highest BCUT2D eigenvalue weighted by molar-refractivity contribution is 7.15. The number of nitro groups is 1. The highest BCUT2D eigenvalue weighted by Crippen LogP contribution is 2.37. The van der Waals surface area contributed by atoms with Gasteiger partial charge in [0.2, 0.25) is 0 Å². The molecular weight excluding hydrogens is 423 g/mol. The van der Waals surface area contributed by atoms with Crippen LogP contribution in [0.2, 0.25) is 5.02 Å². The van der Waals surface area contributed by atoms with E-state index in [1.807, 2.05) is 0 Å². The number of methoxy groups -OCH3 is 1. The lowest BCUT2D eigenvalue weighted by atomic mass is 10.0. The Kier molecular flexibility index (Phi) is 5.90. The summed E-state index contributed by atoms with van der Waals surface area (Å²) in [5.41, 5.74) is 0.664. The Hall–Kier alpha value is -3.30. The number of benzene rings is 2. The number of ether oxygens (including phenoxy) is 1. The minimum absolute atomic E-state index is 0.0167. The van der Waals surface area contributed by atoms with E-state index < -0.39 is 22.6 Å². The van der Waals surface area contributed by atoms with Crippen molar-refractivity contribution in [1.82, 2.24) is 0 Å². The first kappa shape index (κ1) is 20.4. The molecule has 7 nitrogen and oxygen atoms in total. The predicted molar refractivity (Wildman–Crippen MR) is 107 cm³/mol. The Morgan fingerprint density at radius 1 is 1.21 bits per heavy atom. The summed E-state index contributed by atoms with van der Waals surface area (Å²) in [7, 11) is 1.19. The minimum Gasteiger partial charge on any atom is -0.465 e. The number of rotatable bonds is 5. The van der Waals surface area contributed by atoms with Crippen molar-refractivity contribution >= 4 is 45.5 Å². The Morgan fingerprint density at radius 2 is 1.90 bits per heavy atom. The van der Waals surface area contributed by atoms with E-state index in [1.54, 1.807) is 5.38 Å². The molecule has 148 valence electrons. The molecule has 2 aromatic carbocycles. The number of esters is 1. The van der Waals surface area contributed by atoms with Gasteiger partial charge in [-0.25, -0.2) is 9.18 Å². The molecule has 0 fully saturated rings. The molecule has 1 N–H and O–H groups in total. The number of halogens is 2. The zero-order valence-corrected chi connectivity index (χ0v) is 16.3. The van der Waals surface area contributed by atoms with Crippen LogP contribution >= 0.6 is 22.9 Å². The van der Waals surface area contributed by atoms with E-state index in [0.717, 1.165) is 17.4 Å². The molecule has 1 amide bonds. The molecule has 1 heterocycles. The number of thiophene rings is 1. The molecule has 0 saturated heterocycles. The number of nitro benzene ring substituents is 1. The number of anilines is 1. The van der Waals surface area contributed by atoms with Crippen molar-refractivity contribution in [2.75, 3.05) is 12.4 Å². The third-order valence-electron chi connectivity index (χ3n) is 3.97. The third-order valence-corrected chi connectivity index (χ3v) is 5.19. The topological polar surface area (TPSA) is 98.5 Å². The van der Waals surface area contributed by atoms with Gasteiger partial charge in [-0.05, 0) is 23.8 Å². The molecule has 0 aliphatic rings. The van der Waals surface area contributed by atoms with Gasteiger partial charge in [-0.15, -0.1) is 11.3 Å². The standard InChI is InChI=1S/C19H12ClFN2O5S/c1-28-19(25)16-14(10-2-4-11(21)5-3-10)9-29-18(16)22-17(24)13-8-12(23(26)27)6-7-15(13)20/h2-9H,1H3,(H,22,24). The second-order valence-electron chi connectivity index (χ2n) is 5.73. The molecule has 1 aromatic heterocycles. The summed E-state index contributed by atoms with van der Waals surface area (Å²) in [6.45, 7) is 0. The minimum atomic E-state index is -0.726. The monoisotopic (exact) mass is 434 g/mol. The first-order valence-electron chi connectivity index (χ1n) is 8.03. The van der Waals surface area contributed by atoms with Gasteiger partial charge >= 0.3 is 5.97 Å². The average Bonchev–Trinajstić information content (AvgIpc) is 3.11. The van der Waals surface area contributed by atoms with Gasteiger partial charge in [-0.1, -0.05) is 23.7 Å². The third kappa shape index (κ3) is 4.25. The largest absolute Gasteiger partial charge is 0.465 e. The molecule has 0 aliphatic carbocycles. The van der Waals surface area contributed by atoms with Crippen LogP contribution in [0, 0.1) is 15.9 Å². The number of carbonyl (C=O) groups excluding carboxylic acids is 2. The molecule has 10 heteroatoms. The predicted octanol–water partition coefficient (Wildman–Crippen LogP) is 5.15. The summed E-state index contributed by atoms with van der Waals surface area (Å²) >= 11 is 7.06. The van der Waals surface area contributed by atoms with Gasteiger partial charge in [-0.3, -0.25) is 14.9 Å². The van der Waals surface area contributed by atoms with Crippen LogP contribution in [0.15, 0.2) is 47.8 Å². The highest BCUT2D eigenvalue weighted by Gasteiger charge is 2.24. The molecule has 0 bridgehead atoms. The van der Waals surface area contributed by atoms with E-state index in [1.165, 1.54) is 43.5 Å². The molecule has 29 heavy (non-hydrogen) atoms. The van der Waals surface area contributed by atoms with E-state index in [4.69, 9.17) is 16.3 Å². The van der Waals surface area contributed by atoms with Gasteiger partial charge in [0.05, 0.1) is 22.6 Å². The lowest BCUT2D eigenvalue weighted by molar-refractivity contribution is -0.384. The average molecular weight is 435 g/mol. The van der Waals surface area contributed by atoms with Crippen LogP contribution in [0.5, 0.6) is 0 Å². The smallest absolute Gasteiger partial charge is 0.341 e. The van der Waals surface area contributed by atoms with E-state index in [9.17, 15) is 24.1 Å². The van der Waals surface area contributed by atoms with Crippen molar-refractivity contribution in [2.24, 2.45) is 0 Å². The Labute approximate surface area is 172 Å². The highest BCUT2D eigenvalue weighted by atomic mass is 35.5. The summed E-state index contributed by atoms with van der Waals surface area (Å²) in [5.74, 6) is -1.86. The number of hydrogen-bond acceptors (Lipinski definition) is 6. The van der Waals surface area contributed by atoms with Gasteiger partial charge in [0, 0.05) is 23.1 Å². The lowest BCUT2D eigenvalue weighted by Gasteiger charge is -2.09. The maximum absolute atomic E-state index is 13.2. The van der Waals surface area contributed by atoms with E-state index in [2.05, 4.69) is 5.32 Å². The van der Waals surface area contributed by atoms with E-state index in [-0.39, 0.29) is 26.8 Å². The van der Waals surface area contributed by atoms with Crippen LogP contribution in [-0.2, 0) is 4.74 Å². The first-order chi connectivity index (χ1) is 13.8. The van der Waals surface area contributed by atoms with Crippen molar-refractivity contribution in [2.45, 2.75) is 0 Å². The summed E-state index contributed by atoms with van der Waals surface area (Å²) in [4.78, 5) is 35.3. The summed E-state index contributed by atoms with van der Waals surface area (Å²) in [6.07, 6.45) is 0. The SMILES string of the molecule is COC(=O)c1c(-c2ccc(F)cc2)csc1NC(=O)c1cc([N+](=O)[O-])ccc1Cl. The fourth-order valence-corrected chi connectivity index (χ4v) is 3.72. The zero-order valence-electron chi connectivity index (χ0n) is 14.8. The van der Waals surface area contributed by atoms with Gasteiger partial charge in [0.15, 0.2) is 0 Å². The quantitative estimate of drug-likeness (QED) is 0.340. The summed E-state index contributed by atoms with van der Waals surface area (Å²) in [5, 5.41) is 15.3. The second kappa shape index (κ2) is 8.38. The van der Waals surface area contributed by atoms with Crippen molar-refractivity contribution in [3.05, 3.63) is 79.9 Å². The number of amides is 1. The molecule has 0 aliphatic heterocycles. The van der Waals surface area contributed by atoms with Gasteiger partial charge in [0.25, 0.3) is 11.6 Å². The Morgan fingerprint density at radius 3 is 2.52 bits per heavy atom. The molecule has 3 rings (SSSR count). The number of hydrogen-bond donors (Lipinski definition) is 1. The zero-order chi connectivity index (χ0) is 21.1. The number of carbonyl (C=O) groups is 2. The molecular formula is C19H12ClFN2O5S. The Balaban J connectivity index is 2.00. The van der Waals surface area contributed by atoms with E-state index >= 15 is 0 Å². The fraction of sp³-hybridized carbons (Fsp3) is 0.0526. The number of nitrogens with one attached hydrogen (secondary N) is 1. The van der Waals surface area contributed by atoms with Gasteiger partial charge < -0.3 is 10.1 Å². The summed E-state index contributed by atoms with van der Waals surface area (Å²) < 4.78 is 18.0. The van der Waals surface area contributed by atoms with Crippen molar-refractivity contribution in [3.8, 4) is 11.1 Å². The first-order valence-corrected chi connectivity index (χ1v) is 9.28. The molecule has 0 spiro atoms. The van der Waals surface area contributed by atoms with Crippen LogP contribution in [0.1, 0.15) is 20.7 Å². The second-order valence-corrected chi connectivity index (χ2v) is 7.01. The van der Waals surface area contributed by atoms with Crippen LogP contribution in [0.3, 0.4) is 0 Å². The Bertz CT molecular complexity index is 1110. The van der Waals surface area contributed by atoms with Crippen molar-refractivity contribution < 1.29 is 23.6 Å². The van der Waals surface area contributed by atoms with Crippen LogP contribution < -0.4 is 5.32 Å². The molecule has 0 unspecified atom stereocenters. The number of non-ortho nitro benzene ring substituents is 1. The van der Waals surface area contributed by atoms with Gasteiger partial charge in [0.1, 0.15) is 16.4 Å². The molecule has 3 aromatic rings. The molecule has 0 saturated carbocycles. The number of nitrogens with zero attached hydrogens (tertiary/aromatic N) is 1.